The predicted molar refractivity (Wildman–Crippen MR) is 104 cm³/mol. The van der Waals surface area contributed by atoms with E-state index >= 15 is 0 Å². The van der Waals surface area contributed by atoms with Crippen LogP contribution in [0.15, 0.2) is 0 Å². The quantitative estimate of drug-likeness (QED) is 0.380. The van der Waals surface area contributed by atoms with Crippen LogP contribution in [0.1, 0.15) is 55.4 Å². The monoisotopic (exact) mass is 404 g/mol. The molecule has 8 heteroatoms. The number of rotatable bonds is 6. The molecule has 0 aromatic rings. The fourth-order valence-electron chi connectivity index (χ4n) is 4.07. The maximum Gasteiger partial charge on any atom is 0.337 e. The maximum atomic E-state index is 11.8. The normalized spacial score (nSPS) is 30.7. The van der Waals surface area contributed by atoms with E-state index in [1.807, 2.05) is 0 Å². The summed E-state index contributed by atoms with van der Waals surface area (Å²) in [4.78, 5) is 11.8. The van der Waals surface area contributed by atoms with Crippen LogP contribution in [0.3, 0.4) is 0 Å². The predicted octanol–water partition coefficient (Wildman–Crippen LogP) is 3.88. The second-order valence-corrected chi connectivity index (χ2v) is 17.5. The molecule has 26 heavy (non-hydrogen) atoms. The summed E-state index contributed by atoms with van der Waals surface area (Å²) in [5.41, 5.74) is 1.16. The molecule has 0 aromatic heterocycles. The van der Waals surface area contributed by atoms with Gasteiger partial charge in [0.15, 0.2) is 6.10 Å². The molecule has 2 rings (SSSR count). The van der Waals surface area contributed by atoms with Gasteiger partial charge in [0.05, 0.1) is 19.8 Å². The Kier molecular flexibility index (Phi) is 6.79. The third kappa shape index (κ3) is 3.81. The molecule has 0 unspecified atom stereocenters. The van der Waals surface area contributed by atoms with E-state index in [0.717, 1.165) is 0 Å². The molecule has 2 aliphatic rings. The number of hydrogen-bond acceptors (Lipinski definition) is 6. The van der Waals surface area contributed by atoms with Crippen LogP contribution in [0.5, 0.6) is 0 Å². The van der Waals surface area contributed by atoms with E-state index in [0.29, 0.717) is 17.7 Å². The number of carbonyl (C=O) groups is 1. The SMILES string of the molecule is COC(=O)[C@@H]1O[C@@H]1[C@H]1CO[Si](C(C)C)(C(C)C)O[Si](C(C)C)(C(C)C)O1. The van der Waals surface area contributed by atoms with Crippen molar-refractivity contribution in [1.82, 2.24) is 0 Å². The molecule has 0 amide bonds. The Balaban J connectivity index is 2.39. The molecule has 2 fully saturated rings. The molecular formula is C18H36O6Si2. The number of ether oxygens (including phenoxy) is 2. The minimum absolute atomic E-state index is 0.270. The molecule has 0 aliphatic carbocycles. The van der Waals surface area contributed by atoms with Crippen LogP contribution in [0.4, 0.5) is 0 Å². The van der Waals surface area contributed by atoms with Crippen LogP contribution in [-0.4, -0.2) is 55.1 Å². The molecule has 0 spiro atoms. The van der Waals surface area contributed by atoms with Crippen molar-refractivity contribution in [3.05, 3.63) is 0 Å². The number of methoxy groups -OCH3 is 1. The second-order valence-electron chi connectivity index (χ2n) is 8.68. The van der Waals surface area contributed by atoms with Crippen molar-refractivity contribution >= 4 is 23.1 Å². The maximum absolute atomic E-state index is 11.8. The van der Waals surface area contributed by atoms with Crippen molar-refractivity contribution in [2.45, 2.75) is 95.9 Å². The fourth-order valence-corrected chi connectivity index (χ4v) is 15.2. The van der Waals surface area contributed by atoms with E-state index in [2.05, 4.69) is 55.4 Å². The smallest absolute Gasteiger partial charge is 0.337 e. The van der Waals surface area contributed by atoms with Gasteiger partial charge in [-0.15, -0.1) is 0 Å². The Morgan fingerprint density at radius 2 is 1.42 bits per heavy atom. The van der Waals surface area contributed by atoms with Crippen molar-refractivity contribution in [2.75, 3.05) is 13.7 Å². The number of esters is 1. The average Bonchev–Trinajstić information content (AvgIpc) is 3.35. The second kappa shape index (κ2) is 8.01. The Morgan fingerprint density at radius 1 is 0.923 bits per heavy atom. The molecule has 6 nitrogen and oxygen atoms in total. The summed E-state index contributed by atoms with van der Waals surface area (Å²) in [7, 11) is -3.73. The van der Waals surface area contributed by atoms with Gasteiger partial charge < -0.3 is 22.4 Å². The Labute approximate surface area is 160 Å². The molecule has 2 aliphatic heterocycles. The Morgan fingerprint density at radius 3 is 1.85 bits per heavy atom. The minimum atomic E-state index is -2.60. The lowest BCUT2D eigenvalue weighted by Crippen LogP contribution is -2.59. The van der Waals surface area contributed by atoms with E-state index in [1.165, 1.54) is 7.11 Å². The first-order chi connectivity index (χ1) is 12.0. The van der Waals surface area contributed by atoms with Gasteiger partial charge in [0, 0.05) is 0 Å². The molecule has 0 aromatic carbocycles. The fraction of sp³-hybridized carbons (Fsp3) is 0.944. The van der Waals surface area contributed by atoms with Crippen molar-refractivity contribution in [2.24, 2.45) is 0 Å². The van der Waals surface area contributed by atoms with Crippen LogP contribution in [0.25, 0.3) is 0 Å². The zero-order valence-electron chi connectivity index (χ0n) is 17.7. The zero-order chi connectivity index (χ0) is 19.9. The van der Waals surface area contributed by atoms with Gasteiger partial charge in [0.25, 0.3) is 0 Å². The van der Waals surface area contributed by atoms with E-state index < -0.39 is 23.2 Å². The largest absolute Gasteiger partial charge is 0.467 e. The molecule has 152 valence electrons. The molecule has 0 N–H and O–H groups in total. The highest BCUT2D eigenvalue weighted by molar-refractivity contribution is 6.84. The number of carbonyl (C=O) groups excluding carboxylic acids is 1. The lowest BCUT2D eigenvalue weighted by atomic mass is 10.2. The van der Waals surface area contributed by atoms with Gasteiger partial charge in [-0.25, -0.2) is 4.79 Å². The summed E-state index contributed by atoms with van der Waals surface area (Å²) in [6.07, 6.45) is -1.14. The zero-order valence-corrected chi connectivity index (χ0v) is 19.7. The summed E-state index contributed by atoms with van der Waals surface area (Å²) >= 11 is 0. The van der Waals surface area contributed by atoms with Crippen molar-refractivity contribution < 1.29 is 27.2 Å². The molecule has 2 heterocycles. The van der Waals surface area contributed by atoms with E-state index in [4.69, 9.17) is 22.4 Å². The van der Waals surface area contributed by atoms with Gasteiger partial charge in [-0.2, -0.15) is 0 Å². The third-order valence-electron chi connectivity index (χ3n) is 5.67. The summed E-state index contributed by atoms with van der Waals surface area (Å²) in [6, 6.07) is 0. The summed E-state index contributed by atoms with van der Waals surface area (Å²) in [5.74, 6) is -0.346. The summed E-state index contributed by atoms with van der Waals surface area (Å²) < 4.78 is 30.7. The Hall–Kier alpha value is -0.256. The Bertz CT molecular complexity index is 492. The highest BCUT2D eigenvalue weighted by Crippen LogP contribution is 2.47. The summed E-state index contributed by atoms with van der Waals surface area (Å²) in [6.45, 7) is 17.9. The first-order valence-corrected chi connectivity index (χ1v) is 13.7. The lowest BCUT2D eigenvalue weighted by molar-refractivity contribution is -0.142. The van der Waals surface area contributed by atoms with E-state index in [9.17, 15) is 4.79 Å². The highest BCUT2D eigenvalue weighted by atomic mass is 28.5. The minimum Gasteiger partial charge on any atom is -0.467 e. The topological polar surface area (TPSA) is 66.5 Å². The van der Waals surface area contributed by atoms with Crippen molar-refractivity contribution in [1.29, 1.82) is 0 Å². The van der Waals surface area contributed by atoms with Gasteiger partial charge in [-0.3, -0.25) is 0 Å². The molecular weight excluding hydrogens is 368 g/mol. The van der Waals surface area contributed by atoms with Crippen LogP contribution >= 0.6 is 0 Å². The first kappa shape index (κ1) is 22.0. The van der Waals surface area contributed by atoms with Crippen LogP contribution in [-0.2, 0) is 27.2 Å². The van der Waals surface area contributed by atoms with Crippen molar-refractivity contribution in [3.8, 4) is 0 Å². The van der Waals surface area contributed by atoms with Gasteiger partial charge in [0.1, 0.15) is 6.10 Å². The van der Waals surface area contributed by atoms with Crippen LogP contribution < -0.4 is 0 Å². The molecule has 0 radical (unpaired) electrons. The molecule has 0 bridgehead atoms. The average molecular weight is 405 g/mol. The van der Waals surface area contributed by atoms with E-state index in [1.54, 1.807) is 0 Å². The number of hydrogen-bond donors (Lipinski definition) is 0. The van der Waals surface area contributed by atoms with Crippen molar-refractivity contribution in [3.63, 3.8) is 0 Å². The van der Waals surface area contributed by atoms with E-state index in [-0.39, 0.29) is 29.3 Å². The van der Waals surface area contributed by atoms with Gasteiger partial charge in [-0.05, 0) is 22.2 Å². The third-order valence-corrected chi connectivity index (χ3v) is 16.0. The van der Waals surface area contributed by atoms with Gasteiger partial charge >= 0.3 is 23.1 Å². The number of epoxide rings is 1. The summed E-state index contributed by atoms with van der Waals surface area (Å²) in [5, 5.41) is 0. The van der Waals surface area contributed by atoms with Gasteiger partial charge in [0.2, 0.25) is 0 Å². The molecule has 2 saturated heterocycles. The van der Waals surface area contributed by atoms with Gasteiger partial charge in [-0.1, -0.05) is 55.4 Å². The highest BCUT2D eigenvalue weighted by Gasteiger charge is 2.62. The first-order valence-electron chi connectivity index (χ1n) is 9.77. The standard InChI is InChI=1S/C18H36O6Si2/c1-11(2)25(12(3)4)21-10-15(16-17(22-16)18(19)20-9)23-26(24-25,13(5)6)14(7)8/h11-17H,10H2,1-9H3/t15-,16-,17-/m1/s1. The van der Waals surface area contributed by atoms with Crippen LogP contribution in [0, 0.1) is 0 Å². The molecule has 0 saturated carbocycles. The lowest BCUT2D eigenvalue weighted by Gasteiger charge is -2.45. The molecule has 3 atom stereocenters. The van der Waals surface area contributed by atoms with Crippen LogP contribution in [0.2, 0.25) is 22.2 Å².